The molecular weight excluding hydrogens is 287 g/mol. The first kappa shape index (κ1) is 14.5. The van der Waals surface area contributed by atoms with E-state index in [1.807, 2.05) is 4.90 Å². The summed E-state index contributed by atoms with van der Waals surface area (Å²) in [5, 5.41) is 3.76. The number of hydrogen-bond donors (Lipinski definition) is 0. The van der Waals surface area contributed by atoms with Gasteiger partial charge in [0.25, 0.3) is 5.91 Å². The van der Waals surface area contributed by atoms with Gasteiger partial charge in [0.15, 0.2) is 17.3 Å². The normalized spacial score (nSPS) is 15.7. The number of nitrogens with zero attached hydrogens (tertiary/aromatic N) is 4. The zero-order valence-corrected chi connectivity index (χ0v) is 12.3. The number of halogens is 1. The number of aromatic nitrogens is 2. The zero-order valence-electron chi connectivity index (χ0n) is 12.3. The molecule has 2 aromatic rings. The van der Waals surface area contributed by atoms with E-state index in [2.05, 4.69) is 10.1 Å². The molecule has 0 atom stereocenters. The first-order valence-corrected chi connectivity index (χ1v) is 7.23. The van der Waals surface area contributed by atoms with E-state index in [1.165, 1.54) is 6.07 Å². The van der Waals surface area contributed by atoms with Crippen molar-refractivity contribution in [3.8, 4) is 0 Å². The molecule has 7 heteroatoms. The third-order valence-corrected chi connectivity index (χ3v) is 3.67. The summed E-state index contributed by atoms with van der Waals surface area (Å²) in [6.45, 7) is 4.06. The number of hydrogen-bond acceptors (Lipinski definition) is 5. The molecule has 3 rings (SSSR count). The fraction of sp³-hybridized carbons (Fsp3) is 0.400. The van der Waals surface area contributed by atoms with E-state index in [9.17, 15) is 9.18 Å². The predicted molar refractivity (Wildman–Crippen MR) is 78.2 cm³/mol. The topological polar surface area (TPSA) is 62.5 Å². The maximum atomic E-state index is 13.8. The van der Waals surface area contributed by atoms with E-state index in [0.717, 1.165) is 6.42 Å². The first-order chi connectivity index (χ1) is 10.6. The third kappa shape index (κ3) is 2.93. The van der Waals surface area contributed by atoms with Crippen LogP contribution in [0.4, 0.5) is 10.2 Å². The van der Waals surface area contributed by atoms with Gasteiger partial charge in [0.1, 0.15) is 5.76 Å². The van der Waals surface area contributed by atoms with Crippen molar-refractivity contribution in [1.29, 1.82) is 0 Å². The van der Waals surface area contributed by atoms with Crippen LogP contribution in [-0.4, -0.2) is 47.1 Å². The van der Waals surface area contributed by atoms with Crippen LogP contribution < -0.4 is 4.90 Å². The van der Waals surface area contributed by atoms with E-state index in [4.69, 9.17) is 4.52 Å². The van der Waals surface area contributed by atoms with Gasteiger partial charge in [-0.25, -0.2) is 9.37 Å². The Morgan fingerprint density at radius 2 is 2.18 bits per heavy atom. The Hall–Kier alpha value is -2.44. The number of rotatable bonds is 2. The summed E-state index contributed by atoms with van der Waals surface area (Å²) < 4.78 is 18.8. The lowest BCUT2D eigenvalue weighted by Crippen LogP contribution is -2.35. The quantitative estimate of drug-likeness (QED) is 0.847. The van der Waals surface area contributed by atoms with Gasteiger partial charge in [-0.3, -0.25) is 4.79 Å². The highest BCUT2D eigenvalue weighted by Gasteiger charge is 2.24. The average molecular weight is 304 g/mol. The molecule has 116 valence electrons. The smallest absolute Gasteiger partial charge is 0.276 e. The SMILES string of the molecule is Cc1cc(C(=O)N2CCCN(c3ncccc3F)CC2)no1. The lowest BCUT2D eigenvalue weighted by molar-refractivity contribution is 0.0756. The van der Waals surface area contributed by atoms with Gasteiger partial charge in [0, 0.05) is 38.4 Å². The van der Waals surface area contributed by atoms with E-state index < -0.39 is 0 Å². The van der Waals surface area contributed by atoms with Gasteiger partial charge in [0.2, 0.25) is 0 Å². The largest absolute Gasteiger partial charge is 0.361 e. The summed E-state index contributed by atoms with van der Waals surface area (Å²) in [4.78, 5) is 20.1. The molecule has 6 nitrogen and oxygen atoms in total. The molecular formula is C15H17FN4O2. The van der Waals surface area contributed by atoms with Crippen LogP contribution in [0.15, 0.2) is 28.9 Å². The molecule has 1 saturated heterocycles. The summed E-state index contributed by atoms with van der Waals surface area (Å²) in [7, 11) is 0. The van der Waals surface area contributed by atoms with Crippen LogP contribution in [-0.2, 0) is 0 Å². The van der Waals surface area contributed by atoms with Crippen LogP contribution >= 0.6 is 0 Å². The maximum Gasteiger partial charge on any atom is 0.276 e. The molecule has 0 aromatic carbocycles. The molecule has 0 N–H and O–H groups in total. The lowest BCUT2D eigenvalue weighted by atomic mass is 10.3. The highest BCUT2D eigenvalue weighted by Crippen LogP contribution is 2.18. The summed E-state index contributed by atoms with van der Waals surface area (Å²) in [6.07, 6.45) is 2.32. The van der Waals surface area contributed by atoms with Crippen LogP contribution in [0.3, 0.4) is 0 Å². The molecule has 3 heterocycles. The van der Waals surface area contributed by atoms with Crippen molar-refractivity contribution in [1.82, 2.24) is 15.0 Å². The maximum absolute atomic E-state index is 13.8. The predicted octanol–water partition coefficient (Wildman–Crippen LogP) is 1.87. The number of amides is 1. The van der Waals surface area contributed by atoms with E-state index in [1.54, 1.807) is 30.2 Å². The minimum atomic E-state index is -0.339. The van der Waals surface area contributed by atoms with E-state index in [0.29, 0.717) is 43.5 Å². The van der Waals surface area contributed by atoms with Crippen LogP contribution in [0, 0.1) is 12.7 Å². The van der Waals surface area contributed by atoms with Crippen molar-refractivity contribution in [2.75, 3.05) is 31.1 Å². The second-order valence-corrected chi connectivity index (χ2v) is 5.26. The Kier molecular flexibility index (Phi) is 4.04. The molecule has 1 amide bonds. The number of pyridine rings is 1. The Morgan fingerprint density at radius 1 is 1.32 bits per heavy atom. The number of aryl methyl sites for hydroxylation is 1. The molecule has 0 unspecified atom stereocenters. The zero-order chi connectivity index (χ0) is 15.5. The molecule has 0 aliphatic carbocycles. The van der Waals surface area contributed by atoms with Crippen molar-refractivity contribution < 1.29 is 13.7 Å². The van der Waals surface area contributed by atoms with Crippen LogP contribution in [0.1, 0.15) is 22.7 Å². The molecule has 0 radical (unpaired) electrons. The summed E-state index contributed by atoms with van der Waals surface area (Å²) in [5.74, 6) is 0.457. The van der Waals surface area contributed by atoms with E-state index in [-0.39, 0.29) is 11.7 Å². The second kappa shape index (κ2) is 6.13. The summed E-state index contributed by atoms with van der Waals surface area (Å²) in [5.41, 5.74) is 0.315. The molecule has 22 heavy (non-hydrogen) atoms. The monoisotopic (exact) mass is 304 g/mol. The minimum Gasteiger partial charge on any atom is -0.361 e. The van der Waals surface area contributed by atoms with E-state index >= 15 is 0 Å². The summed E-state index contributed by atoms with van der Waals surface area (Å²) in [6, 6.07) is 4.59. The lowest BCUT2D eigenvalue weighted by Gasteiger charge is -2.22. The highest BCUT2D eigenvalue weighted by molar-refractivity contribution is 5.92. The van der Waals surface area contributed by atoms with Crippen molar-refractivity contribution in [2.45, 2.75) is 13.3 Å². The van der Waals surface area contributed by atoms with Gasteiger partial charge in [-0.2, -0.15) is 0 Å². The van der Waals surface area contributed by atoms with Crippen LogP contribution in [0.2, 0.25) is 0 Å². The number of carbonyl (C=O) groups is 1. The van der Waals surface area contributed by atoms with Gasteiger partial charge in [-0.1, -0.05) is 5.16 Å². The van der Waals surface area contributed by atoms with Gasteiger partial charge >= 0.3 is 0 Å². The first-order valence-electron chi connectivity index (χ1n) is 7.23. The molecule has 0 saturated carbocycles. The molecule has 2 aromatic heterocycles. The fourth-order valence-corrected chi connectivity index (χ4v) is 2.57. The Bertz CT molecular complexity index is 673. The highest BCUT2D eigenvalue weighted by atomic mass is 19.1. The molecule has 0 spiro atoms. The van der Waals surface area contributed by atoms with Crippen molar-refractivity contribution in [3.63, 3.8) is 0 Å². The summed E-state index contributed by atoms with van der Waals surface area (Å²) >= 11 is 0. The van der Waals surface area contributed by atoms with Crippen molar-refractivity contribution >= 4 is 11.7 Å². The molecule has 1 aliphatic rings. The number of anilines is 1. The van der Waals surface area contributed by atoms with Crippen molar-refractivity contribution in [2.24, 2.45) is 0 Å². The van der Waals surface area contributed by atoms with Crippen LogP contribution in [0.25, 0.3) is 0 Å². The van der Waals surface area contributed by atoms with Gasteiger partial charge in [-0.05, 0) is 25.5 Å². The Labute approximate surface area is 127 Å². The van der Waals surface area contributed by atoms with Crippen molar-refractivity contribution in [3.05, 3.63) is 41.7 Å². The molecule has 0 bridgehead atoms. The third-order valence-electron chi connectivity index (χ3n) is 3.67. The molecule has 1 aliphatic heterocycles. The van der Waals surface area contributed by atoms with Gasteiger partial charge in [0.05, 0.1) is 0 Å². The van der Waals surface area contributed by atoms with Gasteiger partial charge < -0.3 is 14.3 Å². The standard InChI is InChI=1S/C15H17FN4O2/c1-11-10-13(18-22-11)15(21)20-7-3-6-19(8-9-20)14-12(16)4-2-5-17-14/h2,4-5,10H,3,6-9H2,1H3. The Balaban J connectivity index is 1.70. The van der Waals surface area contributed by atoms with Gasteiger partial charge in [-0.15, -0.1) is 0 Å². The minimum absolute atomic E-state index is 0.153. The Morgan fingerprint density at radius 3 is 2.91 bits per heavy atom. The fourth-order valence-electron chi connectivity index (χ4n) is 2.57. The second-order valence-electron chi connectivity index (χ2n) is 5.26. The number of carbonyl (C=O) groups excluding carboxylic acids is 1. The average Bonchev–Trinajstić information content (AvgIpc) is 2.81. The van der Waals surface area contributed by atoms with Crippen LogP contribution in [0.5, 0.6) is 0 Å². The molecule has 1 fully saturated rings.